The highest BCUT2D eigenvalue weighted by Crippen LogP contribution is 2.23. The number of aromatic carboxylic acids is 1. The predicted molar refractivity (Wildman–Crippen MR) is 76.7 cm³/mol. The third-order valence-electron chi connectivity index (χ3n) is 3.03. The number of carboxylic acids is 1. The average molecular weight is 258 g/mol. The largest absolute Gasteiger partial charge is 0.477 e. The molecule has 0 aliphatic rings. The van der Waals surface area contributed by atoms with Crippen molar-refractivity contribution in [3.8, 4) is 0 Å². The lowest BCUT2D eigenvalue weighted by molar-refractivity contribution is 0.0691. The van der Waals surface area contributed by atoms with E-state index in [4.69, 9.17) is 5.11 Å². The van der Waals surface area contributed by atoms with Crippen molar-refractivity contribution in [1.29, 1.82) is 0 Å². The van der Waals surface area contributed by atoms with Gasteiger partial charge in [0.05, 0.1) is 5.52 Å². The molecule has 2 rings (SSSR count). The minimum absolute atomic E-state index is 0.0803. The van der Waals surface area contributed by atoms with Crippen molar-refractivity contribution in [1.82, 2.24) is 4.98 Å². The second-order valence-corrected chi connectivity index (χ2v) is 4.51. The van der Waals surface area contributed by atoms with Gasteiger partial charge in [0, 0.05) is 17.6 Å². The van der Waals surface area contributed by atoms with Gasteiger partial charge in [0.2, 0.25) is 0 Å². The molecular weight excluding hydrogens is 240 g/mol. The molecule has 19 heavy (non-hydrogen) atoms. The first-order valence-corrected chi connectivity index (χ1v) is 6.59. The first-order chi connectivity index (χ1) is 9.22. The summed E-state index contributed by atoms with van der Waals surface area (Å²) in [5.74, 6) is -0.998. The van der Waals surface area contributed by atoms with Gasteiger partial charge in [-0.1, -0.05) is 38.0 Å². The molecule has 1 heterocycles. The Morgan fingerprint density at radius 1 is 1.32 bits per heavy atom. The maximum Gasteiger partial charge on any atom is 0.354 e. The molecule has 0 aliphatic carbocycles. The number of carbonyl (C=O) groups is 1. The van der Waals surface area contributed by atoms with E-state index in [0.717, 1.165) is 24.0 Å². The van der Waals surface area contributed by atoms with E-state index in [1.807, 2.05) is 24.3 Å². The number of benzene rings is 1. The van der Waals surface area contributed by atoms with E-state index in [9.17, 15) is 4.79 Å². The number of rotatable bonds is 6. The first kappa shape index (κ1) is 13.3. The fraction of sp³-hybridized carbons (Fsp3) is 0.333. The van der Waals surface area contributed by atoms with Crippen LogP contribution in [0.4, 0.5) is 5.69 Å². The number of para-hydroxylation sites is 1. The molecule has 0 spiro atoms. The number of pyridine rings is 1. The van der Waals surface area contributed by atoms with Crippen molar-refractivity contribution in [3.05, 3.63) is 36.0 Å². The van der Waals surface area contributed by atoms with Crippen LogP contribution in [0.2, 0.25) is 0 Å². The van der Waals surface area contributed by atoms with Gasteiger partial charge in [0.1, 0.15) is 0 Å². The maximum absolute atomic E-state index is 11.1. The Balaban J connectivity index is 2.31. The summed E-state index contributed by atoms with van der Waals surface area (Å²) in [7, 11) is 0. The Bertz CT molecular complexity index is 581. The zero-order chi connectivity index (χ0) is 13.7. The standard InChI is InChI=1S/C15H18N2O2/c1-2-3-6-9-16-13-10-14(15(18)19)17-12-8-5-4-7-11(12)13/h4-5,7-8,10H,2-3,6,9H2,1H3,(H,16,17)(H,18,19). The number of hydrogen-bond donors (Lipinski definition) is 2. The van der Waals surface area contributed by atoms with Crippen LogP contribution in [0.25, 0.3) is 10.9 Å². The summed E-state index contributed by atoms with van der Waals surface area (Å²) < 4.78 is 0. The van der Waals surface area contributed by atoms with Crippen LogP contribution in [-0.2, 0) is 0 Å². The molecule has 0 fully saturated rings. The number of unbranched alkanes of at least 4 members (excludes halogenated alkanes) is 2. The third kappa shape index (κ3) is 3.22. The molecule has 0 radical (unpaired) electrons. The number of nitrogens with one attached hydrogen (secondary N) is 1. The number of carboxylic acid groups (broad SMARTS) is 1. The monoisotopic (exact) mass is 258 g/mol. The molecule has 0 bridgehead atoms. The highest BCUT2D eigenvalue weighted by atomic mass is 16.4. The summed E-state index contributed by atoms with van der Waals surface area (Å²) >= 11 is 0. The molecule has 0 saturated heterocycles. The fourth-order valence-corrected chi connectivity index (χ4v) is 2.03. The highest BCUT2D eigenvalue weighted by molar-refractivity contribution is 5.97. The minimum Gasteiger partial charge on any atom is -0.477 e. The minimum atomic E-state index is -0.998. The van der Waals surface area contributed by atoms with E-state index in [-0.39, 0.29) is 5.69 Å². The molecular formula is C15H18N2O2. The Kier molecular flexibility index (Phi) is 4.34. The lowest BCUT2D eigenvalue weighted by Crippen LogP contribution is -2.06. The van der Waals surface area contributed by atoms with Gasteiger partial charge < -0.3 is 10.4 Å². The van der Waals surface area contributed by atoms with Gasteiger partial charge in [-0.15, -0.1) is 0 Å². The van der Waals surface area contributed by atoms with Crippen LogP contribution >= 0.6 is 0 Å². The molecule has 100 valence electrons. The maximum atomic E-state index is 11.1. The van der Waals surface area contributed by atoms with Crippen LogP contribution in [0.1, 0.15) is 36.7 Å². The lowest BCUT2D eigenvalue weighted by Gasteiger charge is -2.10. The summed E-state index contributed by atoms with van der Waals surface area (Å²) in [4.78, 5) is 15.2. The summed E-state index contributed by atoms with van der Waals surface area (Å²) in [6, 6.07) is 9.19. The van der Waals surface area contributed by atoms with Crippen LogP contribution in [0, 0.1) is 0 Å². The summed E-state index contributed by atoms with van der Waals surface area (Å²) in [6.45, 7) is 3.01. The van der Waals surface area contributed by atoms with Gasteiger partial charge in [-0.3, -0.25) is 0 Å². The number of nitrogens with zero attached hydrogens (tertiary/aromatic N) is 1. The van der Waals surface area contributed by atoms with Crippen molar-refractivity contribution in [2.45, 2.75) is 26.2 Å². The topological polar surface area (TPSA) is 62.2 Å². The summed E-state index contributed by atoms with van der Waals surface area (Å²) in [5.41, 5.74) is 1.64. The third-order valence-corrected chi connectivity index (χ3v) is 3.03. The second kappa shape index (κ2) is 6.18. The number of fused-ring (bicyclic) bond motifs is 1. The van der Waals surface area contributed by atoms with E-state index in [2.05, 4.69) is 17.2 Å². The van der Waals surface area contributed by atoms with Crippen molar-refractivity contribution in [3.63, 3.8) is 0 Å². The first-order valence-electron chi connectivity index (χ1n) is 6.59. The van der Waals surface area contributed by atoms with Crippen LogP contribution in [0.3, 0.4) is 0 Å². The molecule has 0 unspecified atom stereocenters. The Labute approximate surface area is 112 Å². The zero-order valence-electron chi connectivity index (χ0n) is 11.0. The zero-order valence-corrected chi connectivity index (χ0v) is 11.0. The summed E-state index contributed by atoms with van der Waals surface area (Å²) in [6.07, 6.45) is 3.41. The lowest BCUT2D eigenvalue weighted by atomic mass is 10.1. The highest BCUT2D eigenvalue weighted by Gasteiger charge is 2.10. The van der Waals surface area contributed by atoms with Crippen molar-refractivity contribution in [2.75, 3.05) is 11.9 Å². The molecule has 1 aromatic carbocycles. The molecule has 0 atom stereocenters. The second-order valence-electron chi connectivity index (χ2n) is 4.51. The van der Waals surface area contributed by atoms with E-state index in [1.165, 1.54) is 12.8 Å². The van der Waals surface area contributed by atoms with Crippen LogP contribution in [0.5, 0.6) is 0 Å². The van der Waals surface area contributed by atoms with Gasteiger partial charge in [0.25, 0.3) is 0 Å². The average Bonchev–Trinajstić information content (AvgIpc) is 2.43. The molecule has 2 aromatic rings. The Morgan fingerprint density at radius 2 is 2.11 bits per heavy atom. The smallest absolute Gasteiger partial charge is 0.354 e. The van der Waals surface area contributed by atoms with Gasteiger partial charge in [0.15, 0.2) is 5.69 Å². The quantitative estimate of drug-likeness (QED) is 0.778. The Morgan fingerprint density at radius 3 is 2.84 bits per heavy atom. The number of anilines is 1. The molecule has 4 nitrogen and oxygen atoms in total. The van der Waals surface area contributed by atoms with E-state index in [1.54, 1.807) is 6.07 Å². The normalized spacial score (nSPS) is 10.6. The van der Waals surface area contributed by atoms with Crippen molar-refractivity contribution >= 4 is 22.6 Å². The van der Waals surface area contributed by atoms with E-state index < -0.39 is 5.97 Å². The molecule has 0 amide bonds. The SMILES string of the molecule is CCCCCNc1cc(C(=O)O)nc2ccccc12. The molecule has 1 aromatic heterocycles. The van der Waals surface area contributed by atoms with Gasteiger partial charge >= 0.3 is 5.97 Å². The molecule has 0 aliphatic heterocycles. The van der Waals surface area contributed by atoms with Crippen LogP contribution in [-0.4, -0.2) is 22.6 Å². The van der Waals surface area contributed by atoms with Gasteiger partial charge in [-0.05, 0) is 18.6 Å². The van der Waals surface area contributed by atoms with Crippen LogP contribution in [0.15, 0.2) is 30.3 Å². The van der Waals surface area contributed by atoms with E-state index in [0.29, 0.717) is 5.52 Å². The van der Waals surface area contributed by atoms with Gasteiger partial charge in [-0.25, -0.2) is 9.78 Å². The predicted octanol–water partition coefficient (Wildman–Crippen LogP) is 3.54. The summed E-state index contributed by atoms with van der Waals surface area (Å²) in [5, 5.41) is 13.4. The van der Waals surface area contributed by atoms with Crippen molar-refractivity contribution < 1.29 is 9.90 Å². The van der Waals surface area contributed by atoms with E-state index >= 15 is 0 Å². The van der Waals surface area contributed by atoms with Crippen molar-refractivity contribution in [2.24, 2.45) is 0 Å². The van der Waals surface area contributed by atoms with Crippen LogP contribution < -0.4 is 5.32 Å². The fourth-order valence-electron chi connectivity index (χ4n) is 2.03. The molecule has 4 heteroatoms. The van der Waals surface area contributed by atoms with Gasteiger partial charge in [-0.2, -0.15) is 0 Å². The molecule has 2 N–H and O–H groups in total. The number of aromatic nitrogens is 1. The molecule has 0 saturated carbocycles. The number of hydrogen-bond acceptors (Lipinski definition) is 3. The Hall–Kier alpha value is -2.10.